The van der Waals surface area contributed by atoms with E-state index in [1.807, 2.05) is 24.3 Å². The van der Waals surface area contributed by atoms with E-state index in [1.165, 1.54) is 6.42 Å². The van der Waals surface area contributed by atoms with Gasteiger partial charge in [-0.15, -0.1) is 0 Å². The molecule has 2 nitrogen and oxygen atoms in total. The van der Waals surface area contributed by atoms with E-state index in [-0.39, 0.29) is 0 Å². The van der Waals surface area contributed by atoms with Crippen LogP contribution in [-0.4, -0.2) is 17.3 Å². The highest BCUT2D eigenvalue weighted by atomic mass is 35.5. The molecule has 0 bridgehead atoms. The lowest BCUT2D eigenvalue weighted by molar-refractivity contribution is -0.00881. The van der Waals surface area contributed by atoms with Crippen molar-refractivity contribution in [1.29, 1.82) is 0 Å². The van der Waals surface area contributed by atoms with Crippen molar-refractivity contribution in [1.82, 2.24) is 5.32 Å². The van der Waals surface area contributed by atoms with Crippen LogP contribution in [0, 0.1) is 5.92 Å². The smallest absolute Gasteiger partial charge is 0.0771 e. The second-order valence-electron chi connectivity index (χ2n) is 5.77. The average Bonchev–Trinajstić information content (AvgIpc) is 2.42. The van der Waals surface area contributed by atoms with Gasteiger partial charge in [0.25, 0.3) is 0 Å². The van der Waals surface area contributed by atoms with E-state index in [4.69, 9.17) is 11.6 Å². The Balaban J connectivity index is 1.78. The van der Waals surface area contributed by atoms with Crippen LogP contribution in [0.5, 0.6) is 0 Å². The largest absolute Gasteiger partial charge is 0.389 e. The fraction of sp³-hybridized carbons (Fsp3) is 0.625. The van der Waals surface area contributed by atoms with Crippen LogP contribution in [0.2, 0.25) is 5.02 Å². The summed E-state index contributed by atoms with van der Waals surface area (Å²) in [6.45, 7) is 3.62. The molecular weight excluding hydrogens is 258 g/mol. The molecule has 0 radical (unpaired) electrons. The van der Waals surface area contributed by atoms with Crippen molar-refractivity contribution in [2.75, 3.05) is 6.54 Å². The van der Waals surface area contributed by atoms with Gasteiger partial charge in [0.1, 0.15) is 0 Å². The number of benzene rings is 1. The molecule has 19 heavy (non-hydrogen) atoms. The van der Waals surface area contributed by atoms with E-state index >= 15 is 0 Å². The number of halogens is 1. The number of rotatable bonds is 5. The SMILES string of the molecule is CCC1CCC(O)(CNCc2ccccc2Cl)CC1. The van der Waals surface area contributed by atoms with Crippen molar-refractivity contribution in [3.63, 3.8) is 0 Å². The second-order valence-corrected chi connectivity index (χ2v) is 6.18. The van der Waals surface area contributed by atoms with Gasteiger partial charge in [0.2, 0.25) is 0 Å². The standard InChI is InChI=1S/C16H24ClNO/c1-2-13-7-9-16(19,10-8-13)12-18-11-14-5-3-4-6-15(14)17/h3-6,13,18-19H,2,7-12H2,1H3. The molecule has 1 aromatic rings. The molecule has 2 rings (SSSR count). The third kappa shape index (κ3) is 4.20. The Bertz CT molecular complexity index is 399. The van der Waals surface area contributed by atoms with Gasteiger partial charge in [-0.2, -0.15) is 0 Å². The Morgan fingerprint density at radius 1 is 1.32 bits per heavy atom. The van der Waals surface area contributed by atoms with Gasteiger partial charge in [0, 0.05) is 18.1 Å². The summed E-state index contributed by atoms with van der Waals surface area (Å²) in [5.41, 5.74) is 0.572. The number of nitrogens with one attached hydrogen (secondary N) is 1. The number of aliphatic hydroxyl groups is 1. The molecule has 1 aliphatic rings. The van der Waals surface area contributed by atoms with Crippen molar-refractivity contribution >= 4 is 11.6 Å². The molecule has 1 aliphatic carbocycles. The summed E-state index contributed by atoms with van der Waals surface area (Å²) in [6.07, 6.45) is 5.38. The lowest BCUT2D eigenvalue weighted by Crippen LogP contribution is -2.43. The van der Waals surface area contributed by atoms with Gasteiger partial charge in [-0.25, -0.2) is 0 Å². The molecule has 106 valence electrons. The van der Waals surface area contributed by atoms with E-state index in [0.717, 1.165) is 48.7 Å². The predicted molar refractivity (Wildman–Crippen MR) is 80.4 cm³/mol. The van der Waals surface area contributed by atoms with E-state index in [9.17, 15) is 5.11 Å². The molecule has 1 saturated carbocycles. The van der Waals surface area contributed by atoms with E-state index in [0.29, 0.717) is 6.54 Å². The lowest BCUT2D eigenvalue weighted by Gasteiger charge is -2.36. The monoisotopic (exact) mass is 281 g/mol. The van der Waals surface area contributed by atoms with Gasteiger partial charge in [-0.1, -0.05) is 43.1 Å². The van der Waals surface area contributed by atoms with Gasteiger partial charge >= 0.3 is 0 Å². The van der Waals surface area contributed by atoms with Gasteiger partial charge in [-0.3, -0.25) is 0 Å². The molecule has 0 atom stereocenters. The number of hydrogen-bond donors (Lipinski definition) is 2. The van der Waals surface area contributed by atoms with Crippen LogP contribution in [0.25, 0.3) is 0 Å². The summed E-state index contributed by atoms with van der Waals surface area (Å²) < 4.78 is 0. The summed E-state index contributed by atoms with van der Waals surface area (Å²) in [5.74, 6) is 0.809. The summed E-state index contributed by atoms with van der Waals surface area (Å²) in [7, 11) is 0. The molecule has 1 aromatic carbocycles. The third-order valence-corrected chi connectivity index (χ3v) is 4.71. The Labute approximate surface area is 121 Å². The van der Waals surface area contributed by atoms with Crippen LogP contribution in [-0.2, 0) is 6.54 Å². The van der Waals surface area contributed by atoms with Crippen LogP contribution in [0.4, 0.5) is 0 Å². The fourth-order valence-electron chi connectivity index (χ4n) is 2.87. The Hall–Kier alpha value is -0.570. The summed E-state index contributed by atoms with van der Waals surface area (Å²) >= 11 is 6.12. The van der Waals surface area contributed by atoms with Crippen molar-refractivity contribution in [2.45, 2.75) is 51.2 Å². The van der Waals surface area contributed by atoms with Crippen molar-refractivity contribution < 1.29 is 5.11 Å². The molecule has 2 N–H and O–H groups in total. The van der Waals surface area contributed by atoms with Crippen molar-refractivity contribution in [3.8, 4) is 0 Å². The average molecular weight is 282 g/mol. The molecule has 0 unspecified atom stereocenters. The first-order valence-electron chi connectivity index (χ1n) is 7.29. The Morgan fingerprint density at radius 2 is 2.00 bits per heavy atom. The molecule has 0 aromatic heterocycles. The first-order chi connectivity index (χ1) is 9.13. The highest BCUT2D eigenvalue weighted by Crippen LogP contribution is 2.33. The van der Waals surface area contributed by atoms with Crippen molar-refractivity contribution in [3.05, 3.63) is 34.9 Å². The minimum Gasteiger partial charge on any atom is -0.389 e. The Kier molecular flexibility index (Phi) is 5.26. The Morgan fingerprint density at radius 3 is 2.63 bits per heavy atom. The maximum absolute atomic E-state index is 10.5. The van der Waals surface area contributed by atoms with Crippen LogP contribution < -0.4 is 5.32 Å². The molecule has 1 fully saturated rings. The second kappa shape index (κ2) is 6.74. The minimum atomic E-state index is -0.521. The van der Waals surface area contributed by atoms with Gasteiger partial charge in [0.05, 0.1) is 5.60 Å². The first kappa shape index (κ1) is 14.8. The first-order valence-corrected chi connectivity index (χ1v) is 7.67. The zero-order chi connectivity index (χ0) is 13.7. The topological polar surface area (TPSA) is 32.3 Å². The molecule has 0 aliphatic heterocycles. The molecule has 0 amide bonds. The third-order valence-electron chi connectivity index (χ3n) is 4.34. The number of hydrogen-bond acceptors (Lipinski definition) is 2. The quantitative estimate of drug-likeness (QED) is 0.861. The van der Waals surface area contributed by atoms with Crippen LogP contribution in [0.1, 0.15) is 44.6 Å². The van der Waals surface area contributed by atoms with Gasteiger partial charge in [-0.05, 0) is 43.2 Å². The van der Waals surface area contributed by atoms with E-state index in [1.54, 1.807) is 0 Å². The normalized spacial score (nSPS) is 27.4. The maximum atomic E-state index is 10.5. The highest BCUT2D eigenvalue weighted by Gasteiger charge is 2.32. The molecule has 0 heterocycles. The molecule has 0 spiro atoms. The molecule has 0 saturated heterocycles. The zero-order valence-corrected chi connectivity index (χ0v) is 12.4. The van der Waals surface area contributed by atoms with Crippen molar-refractivity contribution in [2.24, 2.45) is 5.92 Å². The van der Waals surface area contributed by atoms with E-state index < -0.39 is 5.60 Å². The lowest BCUT2D eigenvalue weighted by atomic mass is 9.78. The highest BCUT2D eigenvalue weighted by molar-refractivity contribution is 6.31. The summed E-state index contributed by atoms with van der Waals surface area (Å²) in [6, 6.07) is 7.85. The van der Waals surface area contributed by atoms with Gasteiger partial charge in [0.15, 0.2) is 0 Å². The van der Waals surface area contributed by atoms with Gasteiger partial charge < -0.3 is 10.4 Å². The predicted octanol–water partition coefficient (Wildman–Crippen LogP) is 3.76. The van der Waals surface area contributed by atoms with Crippen LogP contribution in [0.15, 0.2) is 24.3 Å². The maximum Gasteiger partial charge on any atom is 0.0771 e. The van der Waals surface area contributed by atoms with Crippen LogP contribution >= 0.6 is 11.6 Å². The zero-order valence-electron chi connectivity index (χ0n) is 11.7. The minimum absolute atomic E-state index is 0.521. The van der Waals surface area contributed by atoms with E-state index in [2.05, 4.69) is 12.2 Å². The molecular formula is C16H24ClNO. The van der Waals surface area contributed by atoms with Crippen LogP contribution in [0.3, 0.4) is 0 Å². The summed E-state index contributed by atoms with van der Waals surface area (Å²) in [4.78, 5) is 0. The summed E-state index contributed by atoms with van der Waals surface area (Å²) in [5, 5.41) is 14.7. The molecule has 3 heteroatoms. The fourth-order valence-corrected chi connectivity index (χ4v) is 3.07.